The fourth-order valence-corrected chi connectivity index (χ4v) is 2.92. The molecule has 2 unspecified atom stereocenters. The third kappa shape index (κ3) is 3.93. The summed E-state index contributed by atoms with van der Waals surface area (Å²) < 4.78 is 14.1. The predicted octanol–water partition coefficient (Wildman–Crippen LogP) is 2.15. The molecule has 132 valence electrons. The number of nitrogens with one attached hydrogen (secondary N) is 1. The van der Waals surface area contributed by atoms with Gasteiger partial charge in [0.15, 0.2) is 0 Å². The van der Waals surface area contributed by atoms with E-state index in [0.717, 1.165) is 5.56 Å². The molecule has 2 N–H and O–H groups in total. The zero-order valence-electron chi connectivity index (χ0n) is 14.4. The minimum absolute atomic E-state index is 0.0189. The highest BCUT2D eigenvalue weighted by atomic mass is 19.1. The van der Waals surface area contributed by atoms with E-state index in [1.54, 1.807) is 19.1 Å². The Morgan fingerprint density at radius 3 is 2.79 bits per heavy atom. The Morgan fingerprint density at radius 1 is 1.50 bits per heavy atom. The van der Waals surface area contributed by atoms with E-state index in [4.69, 9.17) is 5.11 Å². The van der Waals surface area contributed by atoms with Gasteiger partial charge in [-0.15, -0.1) is 0 Å². The average Bonchev–Trinajstić information content (AvgIpc) is 2.89. The maximum absolute atomic E-state index is 14.1. The topological polar surface area (TPSA) is 69.6 Å². The first-order valence-electron chi connectivity index (χ1n) is 8.29. The Bertz CT molecular complexity index is 635. The molecule has 0 aliphatic carbocycles. The maximum atomic E-state index is 14.1. The highest BCUT2D eigenvalue weighted by Gasteiger charge is 2.38. The van der Waals surface area contributed by atoms with Crippen LogP contribution in [-0.4, -0.2) is 35.6 Å². The van der Waals surface area contributed by atoms with Gasteiger partial charge < -0.3 is 15.3 Å². The quantitative estimate of drug-likeness (QED) is 0.836. The van der Waals surface area contributed by atoms with Gasteiger partial charge in [0.1, 0.15) is 5.82 Å². The Morgan fingerprint density at radius 2 is 2.21 bits per heavy atom. The summed E-state index contributed by atoms with van der Waals surface area (Å²) >= 11 is 0. The lowest BCUT2D eigenvalue weighted by molar-refractivity contribution is -0.128. The third-order valence-corrected chi connectivity index (χ3v) is 4.76. The fourth-order valence-electron chi connectivity index (χ4n) is 2.92. The van der Waals surface area contributed by atoms with Crippen molar-refractivity contribution in [3.05, 3.63) is 29.6 Å². The van der Waals surface area contributed by atoms with E-state index in [0.29, 0.717) is 12.8 Å². The van der Waals surface area contributed by atoms with Gasteiger partial charge in [0.25, 0.3) is 0 Å². The van der Waals surface area contributed by atoms with Gasteiger partial charge in [-0.05, 0) is 44.4 Å². The number of aliphatic hydroxyl groups is 1. The Hall–Kier alpha value is -1.95. The van der Waals surface area contributed by atoms with Crippen LogP contribution in [0.3, 0.4) is 0 Å². The van der Waals surface area contributed by atoms with Crippen molar-refractivity contribution in [2.45, 2.75) is 45.6 Å². The van der Waals surface area contributed by atoms with E-state index in [2.05, 4.69) is 5.32 Å². The molecule has 1 aromatic rings. The number of hydrogen-bond acceptors (Lipinski definition) is 3. The number of anilines is 1. The molecule has 2 rings (SSSR count). The molecule has 0 bridgehead atoms. The Labute approximate surface area is 141 Å². The molecule has 5 nitrogen and oxygen atoms in total. The van der Waals surface area contributed by atoms with Crippen LogP contribution in [0.2, 0.25) is 0 Å². The summed E-state index contributed by atoms with van der Waals surface area (Å²) in [6, 6.07) is 4.70. The number of carbonyl (C=O) groups excluding carboxylic acids is 2. The summed E-state index contributed by atoms with van der Waals surface area (Å²) in [5.74, 6) is -1.44. The van der Waals surface area contributed by atoms with E-state index in [1.165, 1.54) is 11.0 Å². The van der Waals surface area contributed by atoms with Crippen LogP contribution in [0.25, 0.3) is 0 Å². The molecule has 0 aromatic heterocycles. The molecule has 2 amide bonds. The summed E-state index contributed by atoms with van der Waals surface area (Å²) in [7, 11) is 0. The predicted molar refractivity (Wildman–Crippen MR) is 90.1 cm³/mol. The number of aliphatic hydroxyl groups excluding tert-OH is 1. The minimum atomic E-state index is -0.511. The van der Waals surface area contributed by atoms with Crippen LogP contribution in [0.15, 0.2) is 18.2 Å². The van der Waals surface area contributed by atoms with E-state index < -0.39 is 17.3 Å². The molecule has 1 aliphatic rings. The number of halogens is 1. The number of carbonyl (C=O) groups is 2. The van der Waals surface area contributed by atoms with Crippen molar-refractivity contribution in [2.24, 2.45) is 5.92 Å². The van der Waals surface area contributed by atoms with Gasteiger partial charge in [0, 0.05) is 25.1 Å². The number of amides is 2. The third-order valence-electron chi connectivity index (χ3n) is 4.76. The molecule has 1 saturated heterocycles. The van der Waals surface area contributed by atoms with E-state index >= 15 is 0 Å². The Kier molecular flexibility index (Phi) is 5.59. The van der Waals surface area contributed by atoms with Crippen LogP contribution >= 0.6 is 0 Å². The molecule has 0 radical (unpaired) electrons. The van der Waals surface area contributed by atoms with Gasteiger partial charge >= 0.3 is 0 Å². The zero-order valence-corrected chi connectivity index (χ0v) is 14.4. The summed E-state index contributed by atoms with van der Waals surface area (Å²) in [6.45, 7) is 5.74. The van der Waals surface area contributed by atoms with Crippen LogP contribution in [0.1, 0.15) is 38.7 Å². The molecule has 1 aromatic carbocycles. The maximum Gasteiger partial charge on any atom is 0.227 e. The molecular weight excluding hydrogens is 311 g/mol. The highest BCUT2D eigenvalue weighted by molar-refractivity contribution is 6.00. The van der Waals surface area contributed by atoms with Gasteiger partial charge in [-0.1, -0.05) is 13.0 Å². The van der Waals surface area contributed by atoms with E-state index in [9.17, 15) is 14.0 Å². The van der Waals surface area contributed by atoms with Crippen molar-refractivity contribution in [3.63, 3.8) is 0 Å². The fraction of sp³-hybridized carbons (Fsp3) is 0.556. The van der Waals surface area contributed by atoms with Gasteiger partial charge in [0.2, 0.25) is 11.8 Å². The molecule has 0 saturated carbocycles. The smallest absolute Gasteiger partial charge is 0.227 e. The van der Waals surface area contributed by atoms with Crippen molar-refractivity contribution in [1.82, 2.24) is 5.32 Å². The highest BCUT2D eigenvalue weighted by Crippen LogP contribution is 2.28. The van der Waals surface area contributed by atoms with Crippen molar-refractivity contribution in [2.75, 3.05) is 18.1 Å². The molecule has 0 spiro atoms. The van der Waals surface area contributed by atoms with Gasteiger partial charge in [0.05, 0.1) is 11.6 Å². The lowest BCUT2D eigenvalue weighted by atomic mass is 9.93. The minimum Gasteiger partial charge on any atom is -0.396 e. The number of aryl methyl sites for hydroxylation is 1. The number of nitrogens with zero attached hydrogens (tertiary/aromatic N) is 1. The Balaban J connectivity index is 2.10. The first kappa shape index (κ1) is 18.4. The normalized spacial score (nSPS) is 20.1. The van der Waals surface area contributed by atoms with Crippen molar-refractivity contribution >= 4 is 17.5 Å². The van der Waals surface area contributed by atoms with Crippen molar-refractivity contribution in [3.8, 4) is 0 Å². The second-order valence-corrected chi connectivity index (χ2v) is 6.74. The molecule has 1 aliphatic heterocycles. The first-order valence-corrected chi connectivity index (χ1v) is 8.29. The lowest BCUT2D eigenvalue weighted by Gasteiger charge is -2.30. The summed E-state index contributed by atoms with van der Waals surface area (Å²) in [5.41, 5.74) is 0.492. The van der Waals surface area contributed by atoms with Crippen LogP contribution in [0.4, 0.5) is 10.1 Å². The molecule has 24 heavy (non-hydrogen) atoms. The van der Waals surface area contributed by atoms with Crippen LogP contribution in [0.5, 0.6) is 0 Å². The van der Waals surface area contributed by atoms with E-state index in [-0.39, 0.29) is 37.1 Å². The summed E-state index contributed by atoms with van der Waals surface area (Å²) in [4.78, 5) is 26.1. The summed E-state index contributed by atoms with van der Waals surface area (Å²) in [5, 5.41) is 12.1. The second-order valence-electron chi connectivity index (χ2n) is 6.74. The number of hydrogen-bond donors (Lipinski definition) is 2. The molecular formula is C18H25FN2O3. The van der Waals surface area contributed by atoms with Crippen LogP contribution in [0, 0.1) is 18.7 Å². The van der Waals surface area contributed by atoms with Crippen LogP contribution in [-0.2, 0) is 9.59 Å². The van der Waals surface area contributed by atoms with E-state index in [1.807, 2.05) is 13.8 Å². The molecule has 1 heterocycles. The standard InChI is InChI=1S/C18H25FN2O3/c1-4-18(3,7-8-22)20-17(24)13-10-16(23)21(11-13)15-6-5-12(2)9-14(15)19/h5-6,9,13,22H,4,7-8,10-11H2,1-3H3,(H,20,24). The SMILES string of the molecule is CCC(C)(CCO)NC(=O)C1CC(=O)N(c2ccc(C)cc2F)C1. The molecule has 1 fully saturated rings. The average molecular weight is 336 g/mol. The van der Waals surface area contributed by atoms with Crippen LogP contribution < -0.4 is 10.2 Å². The van der Waals surface area contributed by atoms with Crippen molar-refractivity contribution < 1.29 is 19.1 Å². The summed E-state index contributed by atoms with van der Waals surface area (Å²) in [6.07, 6.45) is 1.19. The largest absolute Gasteiger partial charge is 0.396 e. The number of benzene rings is 1. The second kappa shape index (κ2) is 7.30. The van der Waals surface area contributed by atoms with Gasteiger partial charge in [-0.2, -0.15) is 0 Å². The van der Waals surface area contributed by atoms with Crippen molar-refractivity contribution in [1.29, 1.82) is 0 Å². The van der Waals surface area contributed by atoms with Gasteiger partial charge in [-0.3, -0.25) is 9.59 Å². The monoisotopic (exact) mass is 336 g/mol. The lowest BCUT2D eigenvalue weighted by Crippen LogP contribution is -2.48. The zero-order chi connectivity index (χ0) is 17.9. The number of rotatable bonds is 6. The first-order chi connectivity index (χ1) is 11.3. The molecule has 2 atom stereocenters. The molecule has 6 heteroatoms. The van der Waals surface area contributed by atoms with Gasteiger partial charge in [-0.25, -0.2) is 4.39 Å².